The fraction of sp³-hybridized carbons (Fsp3) is 0.643. The van der Waals surface area contributed by atoms with Crippen LogP contribution in [-0.2, 0) is 9.31 Å². The zero-order chi connectivity index (χ0) is 13.8. The fourth-order valence-corrected chi connectivity index (χ4v) is 2.63. The average Bonchev–Trinajstić information content (AvgIpc) is 3.08. The molecule has 0 amide bonds. The third kappa shape index (κ3) is 2.20. The third-order valence-electron chi connectivity index (χ3n) is 4.46. The maximum Gasteiger partial charge on any atom is 0.497 e. The molecule has 0 aromatic carbocycles. The summed E-state index contributed by atoms with van der Waals surface area (Å²) in [5, 5.41) is 0.760. The molecule has 0 bridgehead atoms. The van der Waals surface area contributed by atoms with Crippen LogP contribution in [-0.4, -0.2) is 23.3 Å². The van der Waals surface area contributed by atoms with Crippen LogP contribution < -0.4 is 5.46 Å². The lowest BCUT2D eigenvalue weighted by atomic mass is 9.79. The van der Waals surface area contributed by atoms with Gasteiger partial charge in [0, 0.05) is 22.9 Å². The van der Waals surface area contributed by atoms with Crippen molar-refractivity contribution < 1.29 is 9.31 Å². The second-order valence-corrected chi connectivity index (χ2v) is 6.87. The van der Waals surface area contributed by atoms with E-state index >= 15 is 0 Å². The van der Waals surface area contributed by atoms with Crippen molar-refractivity contribution in [1.29, 1.82) is 0 Å². The van der Waals surface area contributed by atoms with E-state index in [1.54, 1.807) is 6.20 Å². The minimum absolute atomic E-state index is 0.351. The molecule has 0 spiro atoms. The van der Waals surface area contributed by atoms with Gasteiger partial charge in [-0.25, -0.2) is 0 Å². The Morgan fingerprint density at radius 2 is 1.74 bits per heavy atom. The zero-order valence-corrected chi connectivity index (χ0v) is 12.6. The normalized spacial score (nSPS) is 24.8. The van der Waals surface area contributed by atoms with Gasteiger partial charge in [0.05, 0.1) is 11.2 Å². The molecule has 1 aliphatic carbocycles. The Morgan fingerprint density at radius 1 is 1.16 bits per heavy atom. The Kier molecular flexibility index (Phi) is 2.97. The highest BCUT2D eigenvalue weighted by Gasteiger charge is 2.52. The molecule has 1 aromatic rings. The molecule has 5 heteroatoms. The van der Waals surface area contributed by atoms with Gasteiger partial charge in [-0.1, -0.05) is 11.6 Å². The fourth-order valence-electron chi connectivity index (χ4n) is 2.29. The van der Waals surface area contributed by atoms with Crippen molar-refractivity contribution in [2.75, 3.05) is 0 Å². The first-order chi connectivity index (χ1) is 8.82. The second kappa shape index (κ2) is 4.21. The molecular formula is C14H19BClNO2. The first-order valence-corrected chi connectivity index (χ1v) is 7.18. The van der Waals surface area contributed by atoms with E-state index in [1.807, 2.05) is 33.9 Å². The molecular weight excluding hydrogens is 260 g/mol. The van der Waals surface area contributed by atoms with Gasteiger partial charge in [0.2, 0.25) is 0 Å². The molecule has 0 radical (unpaired) electrons. The second-order valence-electron chi connectivity index (χ2n) is 6.49. The maximum atomic E-state index is 6.51. The lowest BCUT2D eigenvalue weighted by molar-refractivity contribution is 0.00578. The van der Waals surface area contributed by atoms with E-state index in [0.717, 1.165) is 16.0 Å². The van der Waals surface area contributed by atoms with Gasteiger partial charge in [-0.3, -0.25) is 4.98 Å². The number of halogens is 1. The molecule has 2 aliphatic rings. The van der Waals surface area contributed by atoms with Crippen molar-refractivity contribution in [1.82, 2.24) is 4.98 Å². The smallest absolute Gasteiger partial charge is 0.399 e. The van der Waals surface area contributed by atoms with E-state index in [9.17, 15) is 0 Å². The van der Waals surface area contributed by atoms with Crippen LogP contribution in [0.1, 0.15) is 52.0 Å². The van der Waals surface area contributed by atoms with E-state index in [4.69, 9.17) is 20.9 Å². The van der Waals surface area contributed by atoms with Gasteiger partial charge < -0.3 is 9.31 Å². The predicted octanol–water partition coefficient (Wildman–Crippen LogP) is 2.91. The van der Waals surface area contributed by atoms with E-state index in [-0.39, 0.29) is 11.2 Å². The molecule has 1 aliphatic heterocycles. The molecule has 1 saturated heterocycles. The van der Waals surface area contributed by atoms with Crippen LogP contribution >= 0.6 is 11.6 Å². The summed E-state index contributed by atoms with van der Waals surface area (Å²) in [4.78, 5) is 4.30. The number of aromatic nitrogens is 1. The molecule has 1 aromatic heterocycles. The van der Waals surface area contributed by atoms with Crippen molar-refractivity contribution in [2.45, 2.75) is 57.7 Å². The van der Waals surface area contributed by atoms with E-state index in [0.29, 0.717) is 5.92 Å². The largest absolute Gasteiger partial charge is 0.497 e. The molecule has 2 heterocycles. The van der Waals surface area contributed by atoms with Gasteiger partial charge in [0.1, 0.15) is 0 Å². The molecule has 102 valence electrons. The number of pyridine rings is 1. The summed E-state index contributed by atoms with van der Waals surface area (Å²) < 4.78 is 12.1. The Labute approximate surface area is 119 Å². The Bertz CT molecular complexity index is 498. The van der Waals surface area contributed by atoms with Gasteiger partial charge in [-0.2, -0.15) is 0 Å². The molecule has 3 rings (SSSR count). The van der Waals surface area contributed by atoms with Crippen LogP contribution in [0, 0.1) is 0 Å². The quantitative estimate of drug-likeness (QED) is 0.780. The topological polar surface area (TPSA) is 31.4 Å². The van der Waals surface area contributed by atoms with Crippen LogP contribution in [0.25, 0.3) is 0 Å². The Balaban J connectivity index is 1.94. The summed E-state index contributed by atoms with van der Waals surface area (Å²) in [7, 11) is -0.427. The number of nitrogens with zero attached hydrogens (tertiary/aromatic N) is 1. The monoisotopic (exact) mass is 279 g/mol. The molecule has 0 atom stereocenters. The standard InChI is InChI=1S/C14H19BClNO2/c1-13(2)14(3,4)19-15(18-13)11-8-17-7-10(12(11)16)9-5-6-9/h7-9H,5-6H2,1-4H3. The number of hydrogen-bond donors (Lipinski definition) is 0. The molecule has 0 N–H and O–H groups in total. The SMILES string of the molecule is CC1(C)OB(c2cncc(C3CC3)c2Cl)OC1(C)C. The lowest BCUT2D eigenvalue weighted by Crippen LogP contribution is -2.41. The molecule has 19 heavy (non-hydrogen) atoms. The summed E-state index contributed by atoms with van der Waals surface area (Å²) in [6.07, 6.45) is 6.04. The van der Waals surface area contributed by atoms with E-state index in [2.05, 4.69) is 4.98 Å². The molecule has 0 unspecified atom stereocenters. The number of rotatable bonds is 2. The van der Waals surface area contributed by atoms with E-state index in [1.165, 1.54) is 12.8 Å². The van der Waals surface area contributed by atoms with Gasteiger partial charge >= 0.3 is 7.12 Å². The summed E-state index contributed by atoms with van der Waals surface area (Å²) in [5.74, 6) is 0.572. The predicted molar refractivity (Wildman–Crippen MR) is 76.9 cm³/mol. The minimum Gasteiger partial charge on any atom is -0.399 e. The van der Waals surface area contributed by atoms with Crippen molar-refractivity contribution in [2.24, 2.45) is 0 Å². The van der Waals surface area contributed by atoms with E-state index < -0.39 is 7.12 Å². The van der Waals surface area contributed by atoms with Gasteiger partial charge in [-0.15, -0.1) is 0 Å². The zero-order valence-electron chi connectivity index (χ0n) is 11.9. The number of hydrogen-bond acceptors (Lipinski definition) is 3. The first kappa shape index (κ1) is 13.4. The summed E-state index contributed by atoms with van der Waals surface area (Å²) in [6, 6.07) is 0. The van der Waals surface area contributed by atoms with Gasteiger partial charge in [0.15, 0.2) is 0 Å². The highest BCUT2D eigenvalue weighted by atomic mass is 35.5. The average molecular weight is 280 g/mol. The van der Waals surface area contributed by atoms with Crippen LogP contribution in [0.3, 0.4) is 0 Å². The molecule has 3 nitrogen and oxygen atoms in total. The molecule has 2 fully saturated rings. The van der Waals surface area contributed by atoms with Crippen molar-refractivity contribution >= 4 is 24.2 Å². The van der Waals surface area contributed by atoms with Crippen molar-refractivity contribution in [3.8, 4) is 0 Å². The lowest BCUT2D eigenvalue weighted by Gasteiger charge is -2.32. The summed E-state index contributed by atoms with van der Waals surface area (Å²) in [6.45, 7) is 8.16. The minimum atomic E-state index is -0.427. The first-order valence-electron chi connectivity index (χ1n) is 6.81. The Hall–Kier alpha value is -0.575. The van der Waals surface area contributed by atoms with Crippen LogP contribution in [0.15, 0.2) is 12.4 Å². The van der Waals surface area contributed by atoms with Crippen LogP contribution in [0.4, 0.5) is 0 Å². The summed E-state index contributed by atoms with van der Waals surface area (Å²) in [5.41, 5.74) is 1.28. The maximum absolute atomic E-state index is 6.51. The summed E-state index contributed by atoms with van der Waals surface area (Å²) >= 11 is 6.51. The molecule has 1 saturated carbocycles. The van der Waals surface area contributed by atoms with Gasteiger partial charge in [0.25, 0.3) is 0 Å². The van der Waals surface area contributed by atoms with Gasteiger partial charge in [-0.05, 0) is 52.0 Å². The third-order valence-corrected chi connectivity index (χ3v) is 4.89. The highest BCUT2D eigenvalue weighted by molar-refractivity contribution is 6.65. The van der Waals surface area contributed by atoms with Crippen LogP contribution in [0.2, 0.25) is 5.02 Å². The Morgan fingerprint density at radius 3 is 2.26 bits per heavy atom. The van der Waals surface area contributed by atoms with Crippen LogP contribution in [0.5, 0.6) is 0 Å². The van der Waals surface area contributed by atoms with Crippen molar-refractivity contribution in [3.63, 3.8) is 0 Å². The highest BCUT2D eigenvalue weighted by Crippen LogP contribution is 2.43. The van der Waals surface area contributed by atoms with Crippen molar-refractivity contribution in [3.05, 3.63) is 23.0 Å².